The first-order chi connectivity index (χ1) is 10.6. The molecule has 3 heteroatoms. The minimum atomic E-state index is 0.820. The van der Waals surface area contributed by atoms with Gasteiger partial charge in [-0.1, -0.05) is 36.9 Å². The SMILES string of the molecule is C=CN/C=C(\C=C(C)C)c1ccc(NCC)c(N=C)c1C=C. The van der Waals surface area contributed by atoms with Gasteiger partial charge >= 0.3 is 0 Å². The molecule has 3 nitrogen and oxygen atoms in total. The van der Waals surface area contributed by atoms with E-state index in [0.717, 1.165) is 34.6 Å². The standard InChI is InChI=1S/C19H25N3/c1-7-16-17(15(12-14(4)5)13-21-8-2)10-11-18(22-9-3)19(16)20-6/h7-8,10-13,21-22H,1-2,6,9H2,3-5H3/b15-13+. The largest absolute Gasteiger partial charge is 0.384 e. The van der Waals surface area contributed by atoms with Gasteiger partial charge in [-0.15, -0.1) is 0 Å². The maximum Gasteiger partial charge on any atom is 0.0931 e. The highest BCUT2D eigenvalue weighted by molar-refractivity contribution is 5.89. The molecule has 0 aliphatic carbocycles. The first-order valence-corrected chi connectivity index (χ1v) is 7.31. The predicted octanol–water partition coefficient (Wildman–Crippen LogP) is 5.13. The van der Waals surface area contributed by atoms with Crippen molar-refractivity contribution < 1.29 is 0 Å². The summed E-state index contributed by atoms with van der Waals surface area (Å²) in [6.07, 6.45) is 7.49. The van der Waals surface area contributed by atoms with Gasteiger partial charge in [0.15, 0.2) is 0 Å². The molecule has 0 aliphatic heterocycles. The number of hydrogen-bond acceptors (Lipinski definition) is 3. The van der Waals surface area contributed by atoms with E-state index in [1.54, 1.807) is 6.20 Å². The van der Waals surface area contributed by atoms with E-state index in [-0.39, 0.29) is 0 Å². The summed E-state index contributed by atoms with van der Waals surface area (Å²) in [4.78, 5) is 4.19. The van der Waals surface area contributed by atoms with Gasteiger partial charge in [0.05, 0.1) is 11.4 Å². The van der Waals surface area contributed by atoms with Crippen LogP contribution in [0.5, 0.6) is 0 Å². The van der Waals surface area contributed by atoms with Crippen LogP contribution in [-0.4, -0.2) is 13.3 Å². The molecule has 22 heavy (non-hydrogen) atoms. The molecule has 0 unspecified atom stereocenters. The Morgan fingerprint density at radius 2 is 2.00 bits per heavy atom. The van der Waals surface area contributed by atoms with Gasteiger partial charge in [0, 0.05) is 18.3 Å². The fraction of sp³-hybridized carbons (Fsp3) is 0.211. The third-order valence-corrected chi connectivity index (χ3v) is 3.06. The van der Waals surface area contributed by atoms with Crippen molar-refractivity contribution >= 4 is 29.7 Å². The maximum absolute atomic E-state index is 4.19. The summed E-state index contributed by atoms with van der Waals surface area (Å²) in [5.41, 5.74) is 6.04. The molecular weight excluding hydrogens is 270 g/mol. The molecular formula is C19H25N3. The molecule has 0 heterocycles. The number of nitrogens with one attached hydrogen (secondary N) is 2. The lowest BCUT2D eigenvalue weighted by Crippen LogP contribution is -2.00. The molecule has 0 bridgehead atoms. The Bertz CT molecular complexity index is 618. The highest BCUT2D eigenvalue weighted by Gasteiger charge is 2.12. The van der Waals surface area contributed by atoms with Crippen molar-refractivity contribution in [2.24, 2.45) is 4.99 Å². The number of allylic oxidation sites excluding steroid dienone is 3. The third-order valence-electron chi connectivity index (χ3n) is 3.06. The Kier molecular flexibility index (Phi) is 6.90. The van der Waals surface area contributed by atoms with E-state index in [0.29, 0.717) is 0 Å². The van der Waals surface area contributed by atoms with Gasteiger partial charge in [-0.05, 0) is 50.9 Å². The highest BCUT2D eigenvalue weighted by Crippen LogP contribution is 2.36. The normalized spacial score (nSPS) is 10.6. The number of aliphatic imine (C=N–C) groups is 1. The summed E-state index contributed by atoms with van der Waals surface area (Å²) in [7, 11) is 0. The fourth-order valence-electron chi connectivity index (χ4n) is 2.23. The van der Waals surface area contributed by atoms with Crippen molar-refractivity contribution in [3.05, 3.63) is 60.5 Å². The summed E-state index contributed by atoms with van der Waals surface area (Å²) in [5.74, 6) is 0. The molecule has 0 saturated carbocycles. The van der Waals surface area contributed by atoms with Gasteiger partial charge in [-0.2, -0.15) is 0 Å². The second-order valence-corrected chi connectivity index (χ2v) is 5.01. The number of nitrogens with zero attached hydrogens (tertiary/aromatic N) is 1. The molecule has 0 aromatic heterocycles. The zero-order valence-corrected chi connectivity index (χ0v) is 13.7. The lowest BCUT2D eigenvalue weighted by molar-refractivity contribution is 1.20. The van der Waals surface area contributed by atoms with Crippen molar-refractivity contribution in [1.29, 1.82) is 0 Å². The van der Waals surface area contributed by atoms with Gasteiger partial charge in [0.2, 0.25) is 0 Å². The van der Waals surface area contributed by atoms with Crippen LogP contribution < -0.4 is 10.6 Å². The van der Waals surface area contributed by atoms with Gasteiger partial charge in [-0.3, -0.25) is 4.99 Å². The van der Waals surface area contributed by atoms with Crippen LogP contribution >= 0.6 is 0 Å². The van der Waals surface area contributed by atoms with Crippen LogP contribution in [0.1, 0.15) is 31.9 Å². The van der Waals surface area contributed by atoms with Crippen molar-refractivity contribution in [3.8, 4) is 0 Å². The zero-order valence-electron chi connectivity index (χ0n) is 13.7. The molecule has 0 saturated heterocycles. The Morgan fingerprint density at radius 3 is 2.50 bits per heavy atom. The Hall–Kier alpha value is -2.55. The lowest BCUT2D eigenvalue weighted by Gasteiger charge is -2.15. The highest BCUT2D eigenvalue weighted by atomic mass is 14.9. The molecule has 0 atom stereocenters. The quantitative estimate of drug-likeness (QED) is 0.515. The van der Waals surface area contributed by atoms with Crippen LogP contribution in [0.4, 0.5) is 11.4 Å². The number of benzene rings is 1. The maximum atomic E-state index is 4.19. The average Bonchev–Trinajstić information content (AvgIpc) is 2.50. The van der Waals surface area contributed by atoms with Gasteiger partial charge in [0.25, 0.3) is 0 Å². The predicted molar refractivity (Wildman–Crippen MR) is 101 cm³/mol. The molecule has 0 spiro atoms. The third kappa shape index (κ3) is 4.22. The van der Waals surface area contributed by atoms with E-state index in [1.165, 1.54) is 5.57 Å². The lowest BCUT2D eigenvalue weighted by atomic mass is 9.96. The minimum Gasteiger partial charge on any atom is -0.384 e. The van der Waals surface area contributed by atoms with Gasteiger partial charge < -0.3 is 10.6 Å². The smallest absolute Gasteiger partial charge is 0.0931 e. The zero-order chi connectivity index (χ0) is 16.5. The van der Waals surface area contributed by atoms with E-state index < -0.39 is 0 Å². The van der Waals surface area contributed by atoms with Crippen molar-refractivity contribution in [3.63, 3.8) is 0 Å². The second-order valence-electron chi connectivity index (χ2n) is 5.01. The van der Waals surface area contributed by atoms with Crippen LogP contribution in [0.2, 0.25) is 0 Å². The molecule has 0 radical (unpaired) electrons. The Balaban J connectivity index is 3.56. The van der Waals surface area contributed by atoms with Crippen LogP contribution in [0.3, 0.4) is 0 Å². The molecule has 0 aliphatic rings. The molecule has 0 amide bonds. The van der Waals surface area contributed by atoms with E-state index in [2.05, 4.69) is 68.4 Å². The first kappa shape index (κ1) is 17.5. The number of anilines is 1. The number of rotatable bonds is 8. The van der Waals surface area contributed by atoms with Crippen molar-refractivity contribution in [1.82, 2.24) is 5.32 Å². The summed E-state index contributed by atoms with van der Waals surface area (Å²) >= 11 is 0. The molecule has 1 aromatic carbocycles. The second kappa shape index (κ2) is 8.67. The Labute approximate surface area is 133 Å². The monoisotopic (exact) mass is 295 g/mol. The molecule has 2 N–H and O–H groups in total. The molecule has 0 fully saturated rings. The summed E-state index contributed by atoms with van der Waals surface area (Å²) in [5, 5.41) is 6.35. The van der Waals surface area contributed by atoms with Crippen LogP contribution in [-0.2, 0) is 0 Å². The molecule has 116 valence electrons. The van der Waals surface area contributed by atoms with Crippen LogP contribution in [0.25, 0.3) is 11.6 Å². The minimum absolute atomic E-state index is 0.820. The van der Waals surface area contributed by atoms with E-state index >= 15 is 0 Å². The van der Waals surface area contributed by atoms with E-state index in [4.69, 9.17) is 0 Å². The summed E-state index contributed by atoms with van der Waals surface area (Å²) < 4.78 is 0. The fourth-order valence-corrected chi connectivity index (χ4v) is 2.23. The summed E-state index contributed by atoms with van der Waals surface area (Å²) in [6, 6.07) is 4.09. The van der Waals surface area contributed by atoms with Crippen molar-refractivity contribution in [2.45, 2.75) is 20.8 Å². The van der Waals surface area contributed by atoms with Crippen molar-refractivity contribution in [2.75, 3.05) is 11.9 Å². The van der Waals surface area contributed by atoms with Crippen LogP contribution in [0.15, 0.2) is 54.3 Å². The van der Waals surface area contributed by atoms with E-state index in [1.807, 2.05) is 18.3 Å². The summed E-state index contributed by atoms with van der Waals surface area (Å²) in [6.45, 7) is 18.3. The average molecular weight is 295 g/mol. The first-order valence-electron chi connectivity index (χ1n) is 7.31. The van der Waals surface area contributed by atoms with Crippen LogP contribution in [0, 0.1) is 0 Å². The van der Waals surface area contributed by atoms with E-state index in [9.17, 15) is 0 Å². The Morgan fingerprint density at radius 1 is 1.27 bits per heavy atom. The number of hydrogen-bond donors (Lipinski definition) is 2. The van der Waals surface area contributed by atoms with Gasteiger partial charge in [-0.25, -0.2) is 0 Å². The topological polar surface area (TPSA) is 36.4 Å². The van der Waals surface area contributed by atoms with Gasteiger partial charge in [0.1, 0.15) is 0 Å². The molecule has 1 aromatic rings. The molecule has 1 rings (SSSR count).